The zero-order chi connectivity index (χ0) is 13.2. The van der Waals surface area contributed by atoms with E-state index in [4.69, 9.17) is 0 Å². The molecule has 0 spiro atoms. The number of aromatic nitrogens is 1. The molecule has 0 aromatic carbocycles. The molecule has 0 unspecified atom stereocenters. The number of hydrogen-bond donors (Lipinski definition) is 0. The SMILES string of the molecule is C=C(C)N=C(c1ncc(C)c(C)c1C)C(C)C. The highest BCUT2D eigenvalue weighted by atomic mass is 14.8. The summed E-state index contributed by atoms with van der Waals surface area (Å²) in [6, 6.07) is 0. The van der Waals surface area contributed by atoms with Gasteiger partial charge in [-0.2, -0.15) is 0 Å². The Kier molecular flexibility index (Phi) is 4.22. The van der Waals surface area contributed by atoms with Crippen LogP contribution in [-0.4, -0.2) is 10.7 Å². The summed E-state index contributed by atoms with van der Waals surface area (Å²) < 4.78 is 0. The van der Waals surface area contributed by atoms with E-state index in [9.17, 15) is 0 Å². The van der Waals surface area contributed by atoms with Crippen LogP contribution in [0.25, 0.3) is 0 Å². The van der Waals surface area contributed by atoms with Gasteiger partial charge in [0.1, 0.15) is 0 Å². The van der Waals surface area contributed by atoms with Crippen LogP contribution in [-0.2, 0) is 0 Å². The minimum Gasteiger partial charge on any atom is -0.256 e. The van der Waals surface area contributed by atoms with Crippen LogP contribution in [0, 0.1) is 26.7 Å². The molecule has 0 radical (unpaired) electrons. The summed E-state index contributed by atoms with van der Waals surface area (Å²) in [4.78, 5) is 9.08. The zero-order valence-electron chi connectivity index (χ0n) is 11.8. The molecule has 0 saturated carbocycles. The summed E-state index contributed by atoms with van der Waals surface area (Å²) >= 11 is 0. The van der Waals surface area contributed by atoms with E-state index in [1.807, 2.05) is 13.1 Å². The standard InChI is InChI=1S/C15H22N2/c1-9(2)14(17-10(3)4)15-13(7)12(6)11(5)8-16-15/h8-9H,3H2,1-2,4-7H3. The van der Waals surface area contributed by atoms with Gasteiger partial charge in [0.15, 0.2) is 0 Å². The molecule has 0 saturated heterocycles. The predicted molar refractivity (Wildman–Crippen MR) is 74.6 cm³/mol. The lowest BCUT2D eigenvalue weighted by Crippen LogP contribution is -2.14. The minimum atomic E-state index is 0.347. The van der Waals surface area contributed by atoms with Gasteiger partial charge in [0, 0.05) is 11.9 Å². The molecule has 1 heterocycles. The lowest BCUT2D eigenvalue weighted by Gasteiger charge is -2.15. The van der Waals surface area contributed by atoms with E-state index < -0.39 is 0 Å². The molecule has 0 amide bonds. The Balaban J connectivity index is 3.40. The monoisotopic (exact) mass is 230 g/mol. The number of aryl methyl sites for hydroxylation is 1. The van der Waals surface area contributed by atoms with E-state index in [-0.39, 0.29) is 0 Å². The van der Waals surface area contributed by atoms with Crippen molar-refractivity contribution in [2.75, 3.05) is 0 Å². The molecular formula is C15H22N2. The minimum absolute atomic E-state index is 0.347. The summed E-state index contributed by atoms with van der Waals surface area (Å²) in [5.41, 5.74) is 6.60. The molecule has 0 aliphatic carbocycles. The van der Waals surface area contributed by atoms with Crippen LogP contribution < -0.4 is 0 Å². The van der Waals surface area contributed by atoms with Crippen molar-refractivity contribution in [3.05, 3.63) is 40.9 Å². The number of nitrogens with zero attached hydrogens (tertiary/aromatic N) is 2. The van der Waals surface area contributed by atoms with Crippen molar-refractivity contribution in [3.8, 4) is 0 Å². The maximum Gasteiger partial charge on any atom is 0.0879 e. The lowest BCUT2D eigenvalue weighted by molar-refractivity contribution is 0.872. The van der Waals surface area contributed by atoms with Gasteiger partial charge in [0.25, 0.3) is 0 Å². The van der Waals surface area contributed by atoms with E-state index >= 15 is 0 Å². The molecular weight excluding hydrogens is 208 g/mol. The third-order valence-electron chi connectivity index (χ3n) is 3.00. The van der Waals surface area contributed by atoms with Crippen LogP contribution >= 0.6 is 0 Å². The molecule has 0 N–H and O–H groups in total. The highest BCUT2D eigenvalue weighted by Gasteiger charge is 2.14. The number of aliphatic imine (C=N–C) groups is 1. The molecule has 0 bridgehead atoms. The van der Waals surface area contributed by atoms with Gasteiger partial charge in [-0.1, -0.05) is 20.4 Å². The first-order valence-corrected chi connectivity index (χ1v) is 6.01. The summed E-state index contributed by atoms with van der Waals surface area (Å²) in [6.45, 7) is 16.4. The topological polar surface area (TPSA) is 25.2 Å². The second-order valence-corrected chi connectivity index (χ2v) is 4.93. The van der Waals surface area contributed by atoms with Crippen molar-refractivity contribution < 1.29 is 0 Å². The molecule has 2 heteroatoms. The van der Waals surface area contributed by atoms with Gasteiger partial charge in [-0.05, 0) is 50.3 Å². The molecule has 1 aromatic heterocycles. The van der Waals surface area contributed by atoms with Crippen molar-refractivity contribution in [2.45, 2.75) is 41.5 Å². The largest absolute Gasteiger partial charge is 0.256 e. The molecule has 0 atom stereocenters. The average molecular weight is 230 g/mol. The maximum atomic E-state index is 4.54. The Morgan fingerprint density at radius 1 is 1.24 bits per heavy atom. The normalized spacial score (nSPS) is 12.1. The van der Waals surface area contributed by atoms with Gasteiger partial charge in [-0.25, -0.2) is 0 Å². The second kappa shape index (κ2) is 5.26. The van der Waals surface area contributed by atoms with Crippen LogP contribution in [0.3, 0.4) is 0 Å². The van der Waals surface area contributed by atoms with Gasteiger partial charge >= 0.3 is 0 Å². The van der Waals surface area contributed by atoms with E-state index in [0.717, 1.165) is 17.1 Å². The zero-order valence-corrected chi connectivity index (χ0v) is 11.8. The summed E-state index contributed by atoms with van der Waals surface area (Å²) in [5, 5.41) is 0. The van der Waals surface area contributed by atoms with Gasteiger partial charge in [-0.15, -0.1) is 0 Å². The average Bonchev–Trinajstić information content (AvgIpc) is 2.23. The summed E-state index contributed by atoms with van der Waals surface area (Å²) in [7, 11) is 0. The highest BCUT2D eigenvalue weighted by molar-refractivity contribution is 6.02. The van der Waals surface area contributed by atoms with E-state index in [1.54, 1.807) is 0 Å². The van der Waals surface area contributed by atoms with Crippen LogP contribution in [0.5, 0.6) is 0 Å². The smallest absolute Gasteiger partial charge is 0.0879 e. The van der Waals surface area contributed by atoms with Crippen molar-refractivity contribution in [2.24, 2.45) is 10.9 Å². The quantitative estimate of drug-likeness (QED) is 0.721. The Bertz CT molecular complexity index is 468. The fraction of sp³-hybridized carbons (Fsp3) is 0.467. The van der Waals surface area contributed by atoms with Crippen molar-refractivity contribution >= 4 is 5.71 Å². The van der Waals surface area contributed by atoms with Crippen LogP contribution in [0.2, 0.25) is 0 Å². The highest BCUT2D eigenvalue weighted by Crippen LogP contribution is 2.19. The number of allylic oxidation sites excluding steroid dienone is 1. The van der Waals surface area contributed by atoms with Crippen LogP contribution in [0.4, 0.5) is 0 Å². The van der Waals surface area contributed by atoms with Crippen LogP contribution in [0.1, 0.15) is 43.2 Å². The third kappa shape index (κ3) is 3.02. The van der Waals surface area contributed by atoms with Gasteiger partial charge < -0.3 is 0 Å². The van der Waals surface area contributed by atoms with Gasteiger partial charge in [0.2, 0.25) is 0 Å². The first-order chi connectivity index (χ1) is 7.84. The fourth-order valence-corrected chi connectivity index (χ4v) is 1.75. The van der Waals surface area contributed by atoms with Crippen molar-refractivity contribution in [1.82, 2.24) is 4.98 Å². The molecule has 1 rings (SSSR count). The molecule has 0 aliphatic rings. The molecule has 2 nitrogen and oxygen atoms in total. The Hall–Kier alpha value is -1.44. The fourth-order valence-electron chi connectivity index (χ4n) is 1.75. The Morgan fingerprint density at radius 3 is 2.29 bits per heavy atom. The summed E-state index contributed by atoms with van der Waals surface area (Å²) in [5.74, 6) is 0.347. The molecule has 17 heavy (non-hydrogen) atoms. The Morgan fingerprint density at radius 2 is 1.82 bits per heavy atom. The van der Waals surface area contributed by atoms with Gasteiger partial charge in [0.05, 0.1) is 11.4 Å². The first kappa shape index (κ1) is 13.6. The molecule has 1 aromatic rings. The van der Waals surface area contributed by atoms with E-state index in [2.05, 4.69) is 51.2 Å². The van der Waals surface area contributed by atoms with Crippen molar-refractivity contribution in [1.29, 1.82) is 0 Å². The molecule has 92 valence electrons. The first-order valence-electron chi connectivity index (χ1n) is 6.01. The Labute approximate surface area is 105 Å². The van der Waals surface area contributed by atoms with Gasteiger partial charge in [-0.3, -0.25) is 9.98 Å². The van der Waals surface area contributed by atoms with E-state index in [1.165, 1.54) is 16.7 Å². The second-order valence-electron chi connectivity index (χ2n) is 4.93. The molecule has 0 fully saturated rings. The summed E-state index contributed by atoms with van der Waals surface area (Å²) in [6.07, 6.45) is 1.92. The van der Waals surface area contributed by atoms with Crippen molar-refractivity contribution in [3.63, 3.8) is 0 Å². The molecule has 0 aliphatic heterocycles. The third-order valence-corrected chi connectivity index (χ3v) is 3.00. The number of hydrogen-bond acceptors (Lipinski definition) is 2. The lowest BCUT2D eigenvalue weighted by atomic mass is 9.97. The van der Waals surface area contributed by atoms with Crippen LogP contribution in [0.15, 0.2) is 23.5 Å². The number of rotatable bonds is 3. The van der Waals surface area contributed by atoms with E-state index in [0.29, 0.717) is 5.92 Å². The maximum absolute atomic E-state index is 4.54. The number of pyridine rings is 1. The predicted octanol–water partition coefficient (Wildman–Crippen LogP) is 3.99.